The van der Waals surface area contributed by atoms with Crippen molar-refractivity contribution in [3.63, 3.8) is 0 Å². The molecule has 2 aliphatic rings. The molecule has 2 aliphatic heterocycles. The third kappa shape index (κ3) is 3.45. The van der Waals surface area contributed by atoms with E-state index in [1.54, 1.807) is 0 Å². The fourth-order valence-corrected chi connectivity index (χ4v) is 4.64. The van der Waals surface area contributed by atoms with Crippen LogP contribution >= 0.6 is 11.6 Å². The van der Waals surface area contributed by atoms with Gasteiger partial charge in [0.25, 0.3) is 0 Å². The van der Waals surface area contributed by atoms with Gasteiger partial charge in [-0.25, -0.2) is 0 Å². The van der Waals surface area contributed by atoms with Gasteiger partial charge in [-0.15, -0.1) is 0 Å². The Morgan fingerprint density at radius 1 is 1.21 bits per heavy atom. The third-order valence-corrected chi connectivity index (χ3v) is 5.91. The van der Waals surface area contributed by atoms with Crippen molar-refractivity contribution in [2.75, 3.05) is 36.5 Å². The molecule has 2 aromatic carbocycles. The minimum atomic E-state index is -0.206. The number of piperidine rings is 1. The summed E-state index contributed by atoms with van der Waals surface area (Å²) >= 11 is 6.37. The maximum Gasteiger partial charge on any atom is 0.319 e. The smallest absolute Gasteiger partial charge is 0.319 e. The number of hydrogen-bond donors (Lipinski definition) is 1. The first kappa shape index (κ1) is 19.1. The molecule has 6 heteroatoms. The van der Waals surface area contributed by atoms with Crippen molar-refractivity contribution < 1.29 is 9.53 Å². The van der Waals surface area contributed by atoms with Gasteiger partial charge in [-0.1, -0.05) is 29.8 Å². The standard InChI is InChI=1S/C22H26ClN3O2/c1-3-28-21(27)14-24-17-8-6-12-26-20-13-15(23)10-11-19(20)25(2)18-9-5-4-7-16(18)22(17)26/h4-5,7,9-11,13,17,22,24H,3,6,8,12,14H2,1-2H3. The summed E-state index contributed by atoms with van der Waals surface area (Å²) in [6, 6.07) is 14.9. The zero-order valence-electron chi connectivity index (χ0n) is 16.3. The van der Waals surface area contributed by atoms with Crippen LogP contribution in [0.15, 0.2) is 42.5 Å². The molecule has 0 aromatic heterocycles. The van der Waals surface area contributed by atoms with Crippen molar-refractivity contribution in [2.45, 2.75) is 31.8 Å². The van der Waals surface area contributed by atoms with Gasteiger partial charge in [0.05, 0.1) is 30.6 Å². The number of ether oxygens (including phenoxy) is 1. The number of para-hydroxylation sites is 1. The molecule has 2 atom stereocenters. The second-order valence-corrected chi connectivity index (χ2v) is 7.76. The molecule has 0 spiro atoms. The largest absolute Gasteiger partial charge is 0.465 e. The van der Waals surface area contributed by atoms with E-state index in [1.807, 2.05) is 13.0 Å². The topological polar surface area (TPSA) is 44.8 Å². The van der Waals surface area contributed by atoms with Gasteiger partial charge in [-0.2, -0.15) is 0 Å². The Morgan fingerprint density at radius 3 is 2.86 bits per heavy atom. The van der Waals surface area contributed by atoms with Crippen molar-refractivity contribution in [1.82, 2.24) is 5.32 Å². The molecule has 4 rings (SSSR count). The lowest BCUT2D eigenvalue weighted by molar-refractivity contribution is -0.142. The molecule has 0 radical (unpaired) electrons. The molecule has 5 nitrogen and oxygen atoms in total. The number of halogens is 1. The molecule has 0 amide bonds. The quantitative estimate of drug-likeness (QED) is 0.777. The summed E-state index contributed by atoms with van der Waals surface area (Å²) in [6.45, 7) is 3.42. The van der Waals surface area contributed by atoms with Gasteiger partial charge < -0.3 is 19.9 Å². The fraction of sp³-hybridized carbons (Fsp3) is 0.409. The van der Waals surface area contributed by atoms with Crippen LogP contribution in [0.4, 0.5) is 17.1 Å². The average molecular weight is 400 g/mol. The molecular weight excluding hydrogens is 374 g/mol. The zero-order valence-corrected chi connectivity index (χ0v) is 17.1. The van der Waals surface area contributed by atoms with Gasteiger partial charge in [0.2, 0.25) is 0 Å². The van der Waals surface area contributed by atoms with E-state index in [4.69, 9.17) is 16.3 Å². The lowest BCUT2D eigenvalue weighted by atomic mass is 9.89. The maximum atomic E-state index is 11.9. The molecule has 2 unspecified atom stereocenters. The van der Waals surface area contributed by atoms with E-state index >= 15 is 0 Å². The molecule has 1 saturated heterocycles. The number of carbonyl (C=O) groups is 1. The Balaban J connectivity index is 1.76. The van der Waals surface area contributed by atoms with Gasteiger partial charge >= 0.3 is 5.97 Å². The first-order chi connectivity index (χ1) is 13.6. The van der Waals surface area contributed by atoms with Gasteiger partial charge in [0.15, 0.2) is 0 Å². The van der Waals surface area contributed by atoms with E-state index in [9.17, 15) is 4.79 Å². The number of fused-ring (bicyclic) bond motifs is 5. The van der Waals surface area contributed by atoms with E-state index < -0.39 is 0 Å². The number of carbonyl (C=O) groups excluding carboxylic acids is 1. The summed E-state index contributed by atoms with van der Waals surface area (Å²) in [6.07, 6.45) is 2.06. The number of rotatable bonds is 4. The summed E-state index contributed by atoms with van der Waals surface area (Å²) in [5.74, 6) is -0.206. The summed E-state index contributed by atoms with van der Waals surface area (Å²) in [5.41, 5.74) is 4.73. The van der Waals surface area contributed by atoms with E-state index in [1.165, 1.54) is 11.3 Å². The Hall–Kier alpha value is -2.24. The summed E-state index contributed by atoms with van der Waals surface area (Å²) in [7, 11) is 2.10. The number of esters is 1. The maximum absolute atomic E-state index is 11.9. The van der Waals surface area contributed by atoms with Crippen LogP contribution in [0.3, 0.4) is 0 Å². The highest BCUT2D eigenvalue weighted by molar-refractivity contribution is 6.31. The van der Waals surface area contributed by atoms with Crippen molar-refractivity contribution in [1.29, 1.82) is 0 Å². The van der Waals surface area contributed by atoms with Crippen LogP contribution in [0.1, 0.15) is 31.4 Å². The SMILES string of the molecule is CCOC(=O)CNC1CCCN2c3cc(Cl)ccc3N(C)c3ccccc3C12. The highest BCUT2D eigenvalue weighted by atomic mass is 35.5. The Bertz CT molecular complexity index is 873. The molecule has 0 bridgehead atoms. The number of nitrogens with zero attached hydrogens (tertiary/aromatic N) is 2. The summed E-state index contributed by atoms with van der Waals surface area (Å²) in [5, 5.41) is 4.20. The monoisotopic (exact) mass is 399 g/mol. The normalized spacial score (nSPS) is 20.7. The molecule has 28 heavy (non-hydrogen) atoms. The minimum Gasteiger partial charge on any atom is -0.465 e. The number of nitrogens with one attached hydrogen (secondary N) is 1. The number of hydrogen-bond acceptors (Lipinski definition) is 5. The Labute approximate surface area is 171 Å². The van der Waals surface area contributed by atoms with Crippen LogP contribution in [0.25, 0.3) is 0 Å². The van der Waals surface area contributed by atoms with Crippen molar-refractivity contribution in [3.8, 4) is 0 Å². The zero-order chi connectivity index (χ0) is 19.7. The van der Waals surface area contributed by atoms with E-state index in [-0.39, 0.29) is 24.6 Å². The van der Waals surface area contributed by atoms with Crippen LogP contribution < -0.4 is 15.1 Å². The average Bonchev–Trinajstić information content (AvgIpc) is 2.81. The number of benzene rings is 2. The van der Waals surface area contributed by atoms with E-state index in [2.05, 4.69) is 58.6 Å². The van der Waals surface area contributed by atoms with Crippen molar-refractivity contribution in [3.05, 3.63) is 53.1 Å². The molecule has 2 aromatic rings. The van der Waals surface area contributed by atoms with Crippen LogP contribution in [-0.2, 0) is 9.53 Å². The molecular formula is C22H26ClN3O2. The molecule has 2 heterocycles. The minimum absolute atomic E-state index is 0.126. The van der Waals surface area contributed by atoms with Crippen LogP contribution in [-0.4, -0.2) is 38.8 Å². The van der Waals surface area contributed by atoms with Gasteiger partial charge in [-0.3, -0.25) is 4.79 Å². The van der Waals surface area contributed by atoms with Crippen LogP contribution in [0.5, 0.6) is 0 Å². The highest BCUT2D eigenvalue weighted by Gasteiger charge is 2.38. The Morgan fingerprint density at radius 2 is 2.04 bits per heavy atom. The predicted molar refractivity (Wildman–Crippen MR) is 114 cm³/mol. The predicted octanol–water partition coefficient (Wildman–Crippen LogP) is 4.28. The van der Waals surface area contributed by atoms with Crippen molar-refractivity contribution >= 4 is 34.6 Å². The lowest BCUT2D eigenvalue weighted by Crippen LogP contribution is -2.49. The molecule has 1 fully saturated rings. The van der Waals surface area contributed by atoms with Gasteiger partial charge in [0, 0.05) is 30.3 Å². The number of anilines is 3. The lowest BCUT2D eigenvalue weighted by Gasteiger charge is -2.43. The first-order valence-electron chi connectivity index (χ1n) is 9.88. The summed E-state index contributed by atoms with van der Waals surface area (Å²) in [4.78, 5) is 16.6. The van der Waals surface area contributed by atoms with Gasteiger partial charge in [-0.05, 0) is 49.6 Å². The second-order valence-electron chi connectivity index (χ2n) is 7.32. The van der Waals surface area contributed by atoms with Crippen molar-refractivity contribution in [2.24, 2.45) is 0 Å². The molecule has 148 valence electrons. The third-order valence-electron chi connectivity index (χ3n) is 5.67. The first-order valence-corrected chi connectivity index (χ1v) is 10.3. The Kier molecular flexibility index (Phi) is 5.47. The molecule has 1 N–H and O–H groups in total. The fourth-order valence-electron chi connectivity index (χ4n) is 4.47. The van der Waals surface area contributed by atoms with E-state index in [0.717, 1.165) is 35.8 Å². The highest BCUT2D eigenvalue weighted by Crippen LogP contribution is 2.48. The molecule has 0 aliphatic carbocycles. The van der Waals surface area contributed by atoms with Crippen LogP contribution in [0.2, 0.25) is 5.02 Å². The van der Waals surface area contributed by atoms with Gasteiger partial charge in [0.1, 0.15) is 0 Å². The van der Waals surface area contributed by atoms with E-state index in [0.29, 0.717) is 6.61 Å². The molecule has 0 saturated carbocycles. The summed E-state index contributed by atoms with van der Waals surface area (Å²) < 4.78 is 5.11. The van der Waals surface area contributed by atoms with Crippen LogP contribution in [0, 0.1) is 0 Å². The second kappa shape index (κ2) is 8.02.